The fourth-order valence-electron chi connectivity index (χ4n) is 2.64. The number of nitrogens with one attached hydrogen (secondary N) is 2. The zero-order valence-corrected chi connectivity index (χ0v) is 15.0. The van der Waals surface area contributed by atoms with Crippen LogP contribution in [0.25, 0.3) is 0 Å². The first-order valence-electron chi connectivity index (χ1n) is 8.67. The van der Waals surface area contributed by atoms with Crippen molar-refractivity contribution < 1.29 is 14.4 Å². The fourth-order valence-corrected chi connectivity index (χ4v) is 2.64. The lowest BCUT2D eigenvalue weighted by Gasteiger charge is -2.23. The second-order valence-electron chi connectivity index (χ2n) is 6.04. The molecule has 7 nitrogen and oxygen atoms in total. The van der Waals surface area contributed by atoms with Crippen LogP contribution >= 0.6 is 0 Å². The van der Waals surface area contributed by atoms with Gasteiger partial charge in [0.2, 0.25) is 11.8 Å². The summed E-state index contributed by atoms with van der Waals surface area (Å²) in [6.45, 7) is -0.225. The van der Waals surface area contributed by atoms with E-state index in [-0.39, 0.29) is 31.0 Å². The standard InChI is InChI=1S/C21H18N4O3/c1-2-15-7-6-8-16(13-15)23-19(26)14-22-21(28)18-11-12-20(27)25(24-18)17-9-4-3-5-10-17/h1,3-10,13H,11-12,14H2,(H,22,28)(H,23,26). The fraction of sp³-hybridized carbons (Fsp3) is 0.143. The number of hydrogen-bond acceptors (Lipinski definition) is 4. The molecule has 1 heterocycles. The van der Waals surface area contributed by atoms with Crippen LogP contribution in [0.5, 0.6) is 0 Å². The van der Waals surface area contributed by atoms with E-state index in [1.54, 1.807) is 48.5 Å². The Bertz CT molecular complexity index is 977. The van der Waals surface area contributed by atoms with Gasteiger partial charge in [-0.15, -0.1) is 6.42 Å². The van der Waals surface area contributed by atoms with Crippen molar-refractivity contribution >= 4 is 34.8 Å². The van der Waals surface area contributed by atoms with Gasteiger partial charge in [-0.3, -0.25) is 14.4 Å². The number of carbonyl (C=O) groups is 3. The molecule has 0 saturated carbocycles. The van der Waals surface area contributed by atoms with Crippen molar-refractivity contribution in [1.29, 1.82) is 0 Å². The molecule has 1 aliphatic rings. The van der Waals surface area contributed by atoms with Crippen LogP contribution in [0.1, 0.15) is 18.4 Å². The van der Waals surface area contributed by atoms with E-state index in [9.17, 15) is 14.4 Å². The predicted octanol–water partition coefficient (Wildman–Crippen LogP) is 1.91. The average molecular weight is 374 g/mol. The van der Waals surface area contributed by atoms with Crippen LogP contribution in [0.3, 0.4) is 0 Å². The van der Waals surface area contributed by atoms with Crippen molar-refractivity contribution in [1.82, 2.24) is 5.32 Å². The molecule has 7 heteroatoms. The van der Waals surface area contributed by atoms with Crippen LogP contribution in [0, 0.1) is 12.3 Å². The van der Waals surface area contributed by atoms with Gasteiger partial charge in [-0.2, -0.15) is 5.10 Å². The zero-order valence-electron chi connectivity index (χ0n) is 15.0. The lowest BCUT2D eigenvalue weighted by atomic mass is 10.1. The summed E-state index contributed by atoms with van der Waals surface area (Å²) in [7, 11) is 0. The summed E-state index contributed by atoms with van der Waals surface area (Å²) in [6, 6.07) is 15.7. The number of hydrazone groups is 1. The number of para-hydroxylation sites is 1. The Hall–Kier alpha value is -3.92. The molecule has 0 aromatic heterocycles. The lowest BCUT2D eigenvalue weighted by molar-refractivity contribution is -0.120. The summed E-state index contributed by atoms with van der Waals surface area (Å²) in [5.41, 5.74) is 1.98. The van der Waals surface area contributed by atoms with Crippen molar-refractivity contribution in [3.05, 3.63) is 60.2 Å². The summed E-state index contributed by atoms with van der Waals surface area (Å²) in [4.78, 5) is 36.5. The molecule has 0 unspecified atom stereocenters. The van der Waals surface area contributed by atoms with Gasteiger partial charge >= 0.3 is 0 Å². The first-order valence-corrected chi connectivity index (χ1v) is 8.67. The second-order valence-corrected chi connectivity index (χ2v) is 6.04. The molecule has 2 aromatic carbocycles. The summed E-state index contributed by atoms with van der Waals surface area (Å²) < 4.78 is 0. The van der Waals surface area contributed by atoms with Crippen LogP contribution in [0.15, 0.2) is 59.7 Å². The minimum atomic E-state index is -0.485. The lowest BCUT2D eigenvalue weighted by Crippen LogP contribution is -2.41. The number of anilines is 2. The number of benzene rings is 2. The molecule has 3 amide bonds. The predicted molar refractivity (Wildman–Crippen MR) is 107 cm³/mol. The highest BCUT2D eigenvalue weighted by molar-refractivity contribution is 6.40. The molecule has 0 bridgehead atoms. The smallest absolute Gasteiger partial charge is 0.267 e. The molecule has 140 valence electrons. The van der Waals surface area contributed by atoms with Crippen LogP contribution in [-0.4, -0.2) is 30.0 Å². The number of nitrogens with zero attached hydrogens (tertiary/aromatic N) is 2. The minimum absolute atomic E-state index is 0.173. The number of rotatable bonds is 5. The van der Waals surface area contributed by atoms with Gasteiger partial charge in [0.15, 0.2) is 0 Å². The summed E-state index contributed by atoms with van der Waals surface area (Å²) in [6.07, 6.45) is 5.73. The van der Waals surface area contributed by atoms with E-state index < -0.39 is 11.8 Å². The van der Waals surface area contributed by atoms with E-state index in [0.717, 1.165) is 0 Å². The second kappa shape index (κ2) is 8.64. The quantitative estimate of drug-likeness (QED) is 0.783. The third-order valence-corrected chi connectivity index (χ3v) is 4.02. The van der Waals surface area contributed by atoms with Gasteiger partial charge in [0, 0.05) is 24.1 Å². The van der Waals surface area contributed by atoms with Gasteiger partial charge in [-0.05, 0) is 30.3 Å². The Morgan fingerprint density at radius 1 is 1.11 bits per heavy atom. The Kier molecular flexibility index (Phi) is 5.82. The minimum Gasteiger partial charge on any atom is -0.342 e. The first-order chi connectivity index (χ1) is 13.6. The van der Waals surface area contributed by atoms with E-state index in [2.05, 4.69) is 21.7 Å². The van der Waals surface area contributed by atoms with Crippen LogP contribution in [0.2, 0.25) is 0 Å². The highest BCUT2D eigenvalue weighted by Crippen LogP contribution is 2.19. The number of terminal acetylenes is 1. The number of amides is 3. The van der Waals surface area contributed by atoms with Gasteiger partial charge in [0.05, 0.1) is 12.2 Å². The number of carbonyl (C=O) groups excluding carboxylic acids is 3. The number of hydrogen-bond donors (Lipinski definition) is 2. The van der Waals surface area contributed by atoms with Gasteiger partial charge in [-0.1, -0.05) is 30.2 Å². The maximum Gasteiger partial charge on any atom is 0.267 e. The Labute approximate surface area is 162 Å². The van der Waals surface area contributed by atoms with Gasteiger partial charge < -0.3 is 10.6 Å². The molecule has 0 spiro atoms. The van der Waals surface area contributed by atoms with E-state index in [0.29, 0.717) is 16.9 Å². The molecular weight excluding hydrogens is 356 g/mol. The summed E-state index contributed by atoms with van der Waals surface area (Å²) >= 11 is 0. The molecule has 0 fully saturated rings. The van der Waals surface area contributed by atoms with Crippen LogP contribution in [-0.2, 0) is 14.4 Å². The van der Waals surface area contributed by atoms with E-state index >= 15 is 0 Å². The van der Waals surface area contributed by atoms with E-state index in [1.165, 1.54) is 5.01 Å². The average Bonchev–Trinajstić information content (AvgIpc) is 2.73. The highest BCUT2D eigenvalue weighted by atomic mass is 16.2. The van der Waals surface area contributed by atoms with Crippen molar-refractivity contribution in [3.8, 4) is 12.3 Å². The van der Waals surface area contributed by atoms with Crippen molar-refractivity contribution in [3.63, 3.8) is 0 Å². The maximum absolute atomic E-state index is 12.4. The molecule has 1 aliphatic heterocycles. The monoisotopic (exact) mass is 374 g/mol. The molecule has 0 aliphatic carbocycles. The zero-order chi connectivity index (χ0) is 19.9. The molecule has 28 heavy (non-hydrogen) atoms. The van der Waals surface area contributed by atoms with Crippen molar-refractivity contribution in [2.75, 3.05) is 16.9 Å². The molecular formula is C21H18N4O3. The van der Waals surface area contributed by atoms with Gasteiger partial charge in [-0.25, -0.2) is 5.01 Å². The van der Waals surface area contributed by atoms with Crippen molar-refractivity contribution in [2.24, 2.45) is 5.10 Å². The molecule has 3 rings (SSSR count). The first kappa shape index (κ1) is 18.9. The third-order valence-electron chi connectivity index (χ3n) is 4.02. The largest absolute Gasteiger partial charge is 0.342 e. The van der Waals surface area contributed by atoms with Gasteiger partial charge in [0.1, 0.15) is 5.71 Å². The topological polar surface area (TPSA) is 90.9 Å². The maximum atomic E-state index is 12.4. The van der Waals surface area contributed by atoms with E-state index in [4.69, 9.17) is 6.42 Å². The van der Waals surface area contributed by atoms with Crippen LogP contribution in [0.4, 0.5) is 11.4 Å². The Morgan fingerprint density at radius 3 is 2.64 bits per heavy atom. The van der Waals surface area contributed by atoms with Crippen molar-refractivity contribution in [2.45, 2.75) is 12.8 Å². The summed E-state index contributed by atoms with van der Waals surface area (Å²) in [5.74, 6) is 1.42. The molecule has 2 aromatic rings. The highest BCUT2D eigenvalue weighted by Gasteiger charge is 2.25. The van der Waals surface area contributed by atoms with E-state index in [1.807, 2.05) is 6.07 Å². The Balaban J connectivity index is 1.60. The normalized spacial score (nSPS) is 13.3. The molecule has 0 saturated heterocycles. The third kappa shape index (κ3) is 4.62. The molecule has 0 atom stereocenters. The Morgan fingerprint density at radius 2 is 1.89 bits per heavy atom. The molecule has 0 radical (unpaired) electrons. The van der Waals surface area contributed by atoms with Crippen LogP contribution < -0.4 is 15.6 Å². The SMILES string of the molecule is C#Cc1cccc(NC(=O)CNC(=O)C2=NN(c3ccccc3)C(=O)CC2)c1. The molecule has 2 N–H and O–H groups in total. The van der Waals surface area contributed by atoms with Gasteiger partial charge in [0.25, 0.3) is 5.91 Å². The summed E-state index contributed by atoms with van der Waals surface area (Å²) in [5, 5.41) is 10.6.